The van der Waals surface area contributed by atoms with Gasteiger partial charge in [-0.05, 0) is 0 Å². The van der Waals surface area contributed by atoms with Crippen molar-refractivity contribution in [2.45, 2.75) is 47.8 Å². The van der Waals surface area contributed by atoms with Crippen LogP contribution in [0.4, 0.5) is 70.2 Å². The first kappa shape index (κ1) is 21.9. The van der Waals surface area contributed by atoms with Gasteiger partial charge in [0.05, 0.1) is 0 Å². The van der Waals surface area contributed by atoms with Crippen LogP contribution in [0.5, 0.6) is 0 Å². The zero-order chi connectivity index (χ0) is 20.7. The minimum Gasteiger partial charge on any atom is -0.269 e. The van der Waals surface area contributed by atoms with E-state index in [1.807, 2.05) is 0 Å². The molecule has 150 valence electrons. The molecule has 1 saturated heterocycles. The fourth-order valence-corrected chi connectivity index (χ4v) is 1.70. The smallest absolute Gasteiger partial charge is 0.269 e. The molecule has 1 rings (SSSR count). The average molecular weight is 416 g/mol. The monoisotopic (exact) mass is 416 g/mol. The number of halogens is 16. The van der Waals surface area contributed by atoms with Crippen LogP contribution in [0.15, 0.2) is 0 Å². The van der Waals surface area contributed by atoms with E-state index in [0.29, 0.717) is 0 Å². The van der Waals surface area contributed by atoms with Gasteiger partial charge >= 0.3 is 47.8 Å². The Morgan fingerprint density at radius 3 is 1.20 bits per heavy atom. The first-order chi connectivity index (χ1) is 10.5. The molecular formula is C8F16O. The lowest BCUT2D eigenvalue weighted by Gasteiger charge is -2.38. The third kappa shape index (κ3) is 2.16. The van der Waals surface area contributed by atoms with Gasteiger partial charge in [-0.25, -0.2) is 4.39 Å². The maximum Gasteiger partial charge on any atom is 0.460 e. The third-order valence-corrected chi connectivity index (χ3v) is 3.05. The lowest BCUT2D eigenvalue weighted by atomic mass is 9.88. The zero-order valence-electron chi connectivity index (χ0n) is 10.5. The molecule has 0 N–H and O–H groups in total. The van der Waals surface area contributed by atoms with Crippen LogP contribution in [-0.4, -0.2) is 47.8 Å². The maximum absolute atomic E-state index is 13.5. The minimum atomic E-state index is -8.11. The van der Waals surface area contributed by atoms with Crippen LogP contribution >= 0.6 is 0 Å². The van der Waals surface area contributed by atoms with Crippen LogP contribution in [0.25, 0.3) is 0 Å². The number of hydrogen-bond donors (Lipinski definition) is 0. The Morgan fingerprint density at radius 2 is 0.960 bits per heavy atom. The molecule has 0 spiro atoms. The van der Waals surface area contributed by atoms with Crippen molar-refractivity contribution in [1.82, 2.24) is 0 Å². The summed E-state index contributed by atoms with van der Waals surface area (Å²) < 4.78 is 203. The number of ether oxygens (including phenoxy) is 1. The van der Waals surface area contributed by atoms with Crippen LogP contribution in [0.3, 0.4) is 0 Å². The molecule has 0 saturated carbocycles. The van der Waals surface area contributed by atoms with Crippen molar-refractivity contribution in [2.24, 2.45) is 0 Å². The normalized spacial score (nSPS) is 33.6. The summed E-state index contributed by atoms with van der Waals surface area (Å²) in [7, 11) is 0. The molecule has 1 aliphatic heterocycles. The summed E-state index contributed by atoms with van der Waals surface area (Å²) in [5.74, 6) is -31.7. The average Bonchev–Trinajstić information content (AvgIpc) is 2.43. The van der Waals surface area contributed by atoms with Gasteiger partial charge in [0.15, 0.2) is 0 Å². The molecule has 25 heavy (non-hydrogen) atoms. The highest BCUT2D eigenvalue weighted by molar-refractivity contribution is 5.22. The standard InChI is InChI=1S/C8F16O/c9-1(6(17,18)19)2(10,11)5(16,25-8(1,23)24)3(12,13)4(14,15)7(20,21)22/t1-,5-/m1/s1. The maximum atomic E-state index is 13.5. The van der Waals surface area contributed by atoms with Crippen LogP contribution in [0.1, 0.15) is 0 Å². The summed E-state index contributed by atoms with van der Waals surface area (Å²) in [4.78, 5) is 0. The molecular weight excluding hydrogens is 416 g/mol. The molecule has 1 fully saturated rings. The van der Waals surface area contributed by atoms with Gasteiger partial charge in [0.2, 0.25) is 0 Å². The SMILES string of the molecule is FC(F)(F)C(F)(F)C(F)(F)[C@]1(F)OC(F)(F)[C@](F)(C(F)(F)F)C1(F)F. The predicted octanol–water partition coefficient (Wildman–Crippen LogP) is 5.01. The highest BCUT2D eigenvalue weighted by Crippen LogP contribution is 2.70. The molecule has 17 heteroatoms. The lowest BCUT2D eigenvalue weighted by molar-refractivity contribution is -0.448. The Morgan fingerprint density at radius 1 is 0.600 bits per heavy atom. The van der Waals surface area contributed by atoms with Crippen molar-refractivity contribution in [3.8, 4) is 0 Å². The van der Waals surface area contributed by atoms with Crippen molar-refractivity contribution in [1.29, 1.82) is 0 Å². The second-order valence-corrected chi connectivity index (χ2v) is 4.59. The van der Waals surface area contributed by atoms with Crippen LogP contribution in [0, 0.1) is 0 Å². The van der Waals surface area contributed by atoms with Gasteiger partial charge in [0, 0.05) is 0 Å². The van der Waals surface area contributed by atoms with E-state index in [-0.39, 0.29) is 0 Å². The van der Waals surface area contributed by atoms with Gasteiger partial charge in [-0.2, -0.15) is 65.9 Å². The molecule has 1 aliphatic rings. The molecule has 0 amide bonds. The second-order valence-electron chi connectivity index (χ2n) is 4.59. The van der Waals surface area contributed by atoms with E-state index in [2.05, 4.69) is 0 Å². The molecule has 2 atom stereocenters. The van der Waals surface area contributed by atoms with Gasteiger partial charge < -0.3 is 0 Å². The summed E-state index contributed by atoms with van der Waals surface area (Å²) in [5.41, 5.74) is -7.69. The Labute approximate surface area is 124 Å². The zero-order valence-corrected chi connectivity index (χ0v) is 10.5. The Hall–Kier alpha value is -1.16. The molecule has 0 aromatic rings. The predicted molar refractivity (Wildman–Crippen MR) is 40.7 cm³/mol. The van der Waals surface area contributed by atoms with Gasteiger partial charge in [0.1, 0.15) is 0 Å². The largest absolute Gasteiger partial charge is 0.460 e. The fourth-order valence-electron chi connectivity index (χ4n) is 1.70. The summed E-state index contributed by atoms with van der Waals surface area (Å²) in [5, 5.41) is 0. The summed E-state index contributed by atoms with van der Waals surface area (Å²) in [6, 6.07) is 0. The van der Waals surface area contributed by atoms with Crippen LogP contribution in [0.2, 0.25) is 0 Å². The fraction of sp³-hybridized carbons (Fsp3) is 1.00. The molecule has 1 heterocycles. The first-order valence-electron chi connectivity index (χ1n) is 5.18. The number of hydrogen-bond acceptors (Lipinski definition) is 1. The van der Waals surface area contributed by atoms with E-state index >= 15 is 0 Å². The quantitative estimate of drug-likeness (QED) is 0.575. The van der Waals surface area contributed by atoms with Crippen molar-refractivity contribution in [3.05, 3.63) is 0 Å². The van der Waals surface area contributed by atoms with Crippen molar-refractivity contribution < 1.29 is 75.0 Å². The Balaban J connectivity index is 3.79. The number of alkyl halides is 16. The van der Waals surface area contributed by atoms with Crippen LogP contribution < -0.4 is 0 Å². The highest BCUT2D eigenvalue weighted by Gasteiger charge is 3.03. The highest BCUT2D eigenvalue weighted by atomic mass is 19.4. The molecule has 0 aliphatic carbocycles. The van der Waals surface area contributed by atoms with Gasteiger partial charge in [0.25, 0.3) is 0 Å². The van der Waals surface area contributed by atoms with Gasteiger partial charge in [-0.15, -0.1) is 0 Å². The van der Waals surface area contributed by atoms with E-state index in [1.54, 1.807) is 4.74 Å². The number of rotatable bonds is 2. The van der Waals surface area contributed by atoms with Gasteiger partial charge in [-0.3, -0.25) is 4.74 Å². The van der Waals surface area contributed by atoms with Crippen molar-refractivity contribution in [3.63, 3.8) is 0 Å². The van der Waals surface area contributed by atoms with E-state index in [1.165, 1.54) is 0 Å². The molecule has 1 nitrogen and oxygen atoms in total. The molecule has 0 aromatic heterocycles. The van der Waals surface area contributed by atoms with Crippen LogP contribution in [-0.2, 0) is 4.74 Å². The Kier molecular flexibility index (Phi) is 4.17. The van der Waals surface area contributed by atoms with Crippen molar-refractivity contribution in [2.75, 3.05) is 0 Å². The summed E-state index contributed by atoms with van der Waals surface area (Å²) >= 11 is 0. The minimum absolute atomic E-state index is 1.57. The Bertz CT molecular complexity index is 543. The first-order valence-corrected chi connectivity index (χ1v) is 5.18. The molecule has 0 bridgehead atoms. The lowest BCUT2D eigenvalue weighted by Crippen LogP contribution is -2.71. The van der Waals surface area contributed by atoms with E-state index in [4.69, 9.17) is 0 Å². The molecule has 0 aromatic carbocycles. The second kappa shape index (κ2) is 4.76. The molecule has 0 unspecified atom stereocenters. The third-order valence-electron chi connectivity index (χ3n) is 3.05. The van der Waals surface area contributed by atoms with Crippen molar-refractivity contribution >= 4 is 0 Å². The van der Waals surface area contributed by atoms with E-state index in [9.17, 15) is 70.2 Å². The summed E-state index contributed by atoms with van der Waals surface area (Å²) in [6.45, 7) is 0. The van der Waals surface area contributed by atoms with E-state index < -0.39 is 47.8 Å². The molecule has 0 radical (unpaired) electrons. The summed E-state index contributed by atoms with van der Waals surface area (Å²) in [6.07, 6.45) is -22.5. The topological polar surface area (TPSA) is 9.23 Å². The van der Waals surface area contributed by atoms with E-state index in [0.717, 1.165) is 0 Å². The van der Waals surface area contributed by atoms with Gasteiger partial charge in [-0.1, -0.05) is 0 Å².